The van der Waals surface area contributed by atoms with Gasteiger partial charge < -0.3 is 16.0 Å². The molecule has 1 aromatic rings. The number of aryl methyl sites for hydroxylation is 1. The Morgan fingerprint density at radius 1 is 1.21 bits per heavy atom. The number of benzene rings is 1. The lowest BCUT2D eigenvalue weighted by atomic mass is 10.0. The number of rotatable bonds is 8. The Balaban J connectivity index is 2.70. The fraction of sp³-hybridized carbons (Fsp3) is 0.579. The summed E-state index contributed by atoms with van der Waals surface area (Å²) >= 11 is 0. The molecule has 0 aromatic heterocycles. The van der Waals surface area contributed by atoms with Crippen LogP contribution in [-0.4, -0.2) is 36.3 Å². The molecule has 0 bridgehead atoms. The second-order valence-electron chi connectivity index (χ2n) is 6.88. The van der Waals surface area contributed by atoms with Crippen LogP contribution in [0.3, 0.4) is 0 Å². The summed E-state index contributed by atoms with van der Waals surface area (Å²) in [6.07, 6.45) is 1.02. The molecule has 2 atom stereocenters. The van der Waals surface area contributed by atoms with Gasteiger partial charge in [0.25, 0.3) is 0 Å². The molecule has 0 fully saturated rings. The van der Waals surface area contributed by atoms with Gasteiger partial charge in [-0.3, -0.25) is 9.59 Å². The van der Waals surface area contributed by atoms with E-state index in [4.69, 9.17) is 5.73 Å². The minimum Gasteiger partial charge on any atom is -0.349 e. The second kappa shape index (κ2) is 9.42. The third kappa shape index (κ3) is 6.71. The average Bonchev–Trinajstić information content (AvgIpc) is 2.51. The van der Waals surface area contributed by atoms with Crippen LogP contribution in [0.25, 0.3) is 0 Å². The van der Waals surface area contributed by atoms with Crippen molar-refractivity contribution >= 4 is 11.8 Å². The molecule has 2 unspecified atom stereocenters. The smallest absolute Gasteiger partial charge is 0.224 e. The van der Waals surface area contributed by atoms with Gasteiger partial charge in [0.2, 0.25) is 11.8 Å². The Hall–Kier alpha value is -1.88. The normalized spacial score (nSPS) is 13.5. The van der Waals surface area contributed by atoms with E-state index in [1.54, 1.807) is 11.9 Å². The van der Waals surface area contributed by atoms with Crippen LogP contribution in [0.15, 0.2) is 24.3 Å². The number of carbonyl (C=O) groups excluding carboxylic acids is 2. The van der Waals surface area contributed by atoms with Crippen molar-refractivity contribution in [3.63, 3.8) is 0 Å². The van der Waals surface area contributed by atoms with Crippen LogP contribution in [0.2, 0.25) is 0 Å². The molecule has 0 saturated heterocycles. The van der Waals surface area contributed by atoms with E-state index in [1.807, 2.05) is 31.2 Å². The third-order valence-corrected chi connectivity index (χ3v) is 4.32. The Morgan fingerprint density at radius 2 is 1.79 bits per heavy atom. The molecular formula is C19H31N3O2. The van der Waals surface area contributed by atoms with Crippen molar-refractivity contribution in [2.75, 3.05) is 13.6 Å². The molecule has 0 radical (unpaired) electrons. The molecule has 3 N–H and O–H groups in total. The Morgan fingerprint density at radius 3 is 2.29 bits per heavy atom. The SMILES string of the molecule is CC(=O)NC(CC(=O)N(C)CCC(N)C(C)C)c1ccc(C)cc1. The lowest BCUT2D eigenvalue weighted by Crippen LogP contribution is -2.37. The molecule has 1 rings (SSSR count). The third-order valence-electron chi connectivity index (χ3n) is 4.32. The summed E-state index contributed by atoms with van der Waals surface area (Å²) < 4.78 is 0. The highest BCUT2D eigenvalue weighted by atomic mass is 16.2. The maximum Gasteiger partial charge on any atom is 0.224 e. The molecule has 0 aliphatic carbocycles. The van der Waals surface area contributed by atoms with Crippen molar-refractivity contribution < 1.29 is 9.59 Å². The van der Waals surface area contributed by atoms with Gasteiger partial charge in [0.05, 0.1) is 12.5 Å². The zero-order valence-electron chi connectivity index (χ0n) is 15.5. The highest BCUT2D eigenvalue weighted by molar-refractivity contribution is 5.79. The van der Waals surface area contributed by atoms with Gasteiger partial charge in [-0.15, -0.1) is 0 Å². The second-order valence-corrected chi connectivity index (χ2v) is 6.88. The van der Waals surface area contributed by atoms with E-state index in [0.717, 1.165) is 17.5 Å². The summed E-state index contributed by atoms with van der Waals surface area (Å²) in [5.74, 6) is 0.260. The van der Waals surface area contributed by atoms with E-state index in [9.17, 15) is 9.59 Å². The predicted octanol–water partition coefficient (Wildman–Crippen LogP) is 2.39. The van der Waals surface area contributed by atoms with Crippen molar-refractivity contribution in [1.29, 1.82) is 0 Å². The molecule has 0 heterocycles. The quantitative estimate of drug-likeness (QED) is 0.767. The molecular weight excluding hydrogens is 302 g/mol. The Bertz CT molecular complexity index is 540. The number of nitrogens with zero attached hydrogens (tertiary/aromatic N) is 1. The first-order valence-corrected chi connectivity index (χ1v) is 8.54. The van der Waals surface area contributed by atoms with Crippen molar-refractivity contribution in [3.8, 4) is 0 Å². The minimum absolute atomic E-state index is 0.00489. The summed E-state index contributed by atoms with van der Waals surface area (Å²) in [6, 6.07) is 7.66. The molecule has 0 aliphatic heterocycles. The number of hydrogen-bond acceptors (Lipinski definition) is 3. The van der Waals surface area contributed by atoms with Crippen LogP contribution in [0.4, 0.5) is 0 Å². The van der Waals surface area contributed by atoms with Crippen molar-refractivity contribution in [1.82, 2.24) is 10.2 Å². The van der Waals surface area contributed by atoms with Crippen LogP contribution in [0, 0.1) is 12.8 Å². The van der Waals surface area contributed by atoms with Gasteiger partial charge >= 0.3 is 0 Å². The van der Waals surface area contributed by atoms with E-state index in [1.165, 1.54) is 6.92 Å². The zero-order valence-corrected chi connectivity index (χ0v) is 15.5. The van der Waals surface area contributed by atoms with Crippen LogP contribution < -0.4 is 11.1 Å². The summed E-state index contributed by atoms with van der Waals surface area (Å²) in [5.41, 5.74) is 8.13. The summed E-state index contributed by atoms with van der Waals surface area (Å²) in [7, 11) is 1.79. The molecule has 0 spiro atoms. The van der Waals surface area contributed by atoms with Gasteiger partial charge in [0.15, 0.2) is 0 Å². The van der Waals surface area contributed by atoms with Gasteiger partial charge in [-0.25, -0.2) is 0 Å². The van der Waals surface area contributed by atoms with Gasteiger partial charge in [-0.1, -0.05) is 43.7 Å². The van der Waals surface area contributed by atoms with Gasteiger partial charge in [0.1, 0.15) is 0 Å². The van der Waals surface area contributed by atoms with E-state index in [-0.39, 0.29) is 30.3 Å². The number of carbonyl (C=O) groups is 2. The monoisotopic (exact) mass is 333 g/mol. The molecule has 1 aromatic carbocycles. The van der Waals surface area contributed by atoms with Gasteiger partial charge in [-0.2, -0.15) is 0 Å². The predicted molar refractivity (Wildman–Crippen MR) is 97.4 cm³/mol. The largest absolute Gasteiger partial charge is 0.349 e. The number of amides is 2. The molecule has 5 nitrogen and oxygen atoms in total. The Kier molecular flexibility index (Phi) is 7.92. The first kappa shape index (κ1) is 20.2. The molecule has 5 heteroatoms. The number of nitrogens with two attached hydrogens (primary N) is 1. The van der Waals surface area contributed by atoms with E-state index < -0.39 is 0 Å². The highest BCUT2D eigenvalue weighted by Gasteiger charge is 2.20. The van der Waals surface area contributed by atoms with E-state index in [2.05, 4.69) is 19.2 Å². The molecule has 0 saturated carbocycles. The maximum atomic E-state index is 12.5. The van der Waals surface area contributed by atoms with Crippen LogP contribution in [-0.2, 0) is 9.59 Å². The lowest BCUT2D eigenvalue weighted by Gasteiger charge is -2.24. The van der Waals surface area contributed by atoms with Crippen LogP contribution in [0.5, 0.6) is 0 Å². The van der Waals surface area contributed by atoms with Crippen LogP contribution >= 0.6 is 0 Å². The molecule has 24 heavy (non-hydrogen) atoms. The first-order valence-electron chi connectivity index (χ1n) is 8.54. The van der Waals surface area contributed by atoms with Crippen LogP contribution in [0.1, 0.15) is 50.8 Å². The van der Waals surface area contributed by atoms with E-state index >= 15 is 0 Å². The average molecular weight is 333 g/mol. The lowest BCUT2D eigenvalue weighted by molar-refractivity contribution is -0.130. The van der Waals surface area contributed by atoms with Crippen molar-refractivity contribution in [3.05, 3.63) is 35.4 Å². The zero-order chi connectivity index (χ0) is 18.3. The Labute approximate surface area is 145 Å². The first-order chi connectivity index (χ1) is 11.2. The summed E-state index contributed by atoms with van der Waals surface area (Å²) in [6.45, 7) is 8.26. The summed E-state index contributed by atoms with van der Waals surface area (Å²) in [5, 5.41) is 2.87. The maximum absolute atomic E-state index is 12.5. The fourth-order valence-corrected chi connectivity index (χ4v) is 2.43. The molecule has 134 valence electrons. The molecule has 0 aliphatic rings. The van der Waals surface area contributed by atoms with Crippen molar-refractivity contribution in [2.45, 2.75) is 52.6 Å². The summed E-state index contributed by atoms with van der Waals surface area (Å²) in [4.78, 5) is 25.7. The molecule has 2 amide bonds. The standard InChI is InChI=1S/C19H31N3O2/c1-13(2)17(20)10-11-22(5)19(24)12-18(21-15(4)23)16-8-6-14(3)7-9-16/h6-9,13,17-18H,10-12,20H2,1-5H3,(H,21,23). The minimum atomic E-state index is -0.308. The highest BCUT2D eigenvalue weighted by Crippen LogP contribution is 2.19. The number of hydrogen-bond donors (Lipinski definition) is 2. The number of nitrogens with one attached hydrogen (secondary N) is 1. The fourth-order valence-electron chi connectivity index (χ4n) is 2.43. The van der Waals surface area contributed by atoms with E-state index in [0.29, 0.717) is 12.5 Å². The topological polar surface area (TPSA) is 75.4 Å². The van der Waals surface area contributed by atoms with Gasteiger partial charge in [-0.05, 0) is 24.8 Å². The van der Waals surface area contributed by atoms with Crippen molar-refractivity contribution in [2.24, 2.45) is 11.7 Å². The van der Waals surface area contributed by atoms with Gasteiger partial charge in [0, 0.05) is 26.6 Å².